The van der Waals surface area contributed by atoms with Crippen molar-refractivity contribution in [3.63, 3.8) is 0 Å². The molecule has 1 saturated heterocycles. The zero-order chi connectivity index (χ0) is 20.4. The highest BCUT2D eigenvalue weighted by atomic mass is 32.2. The topological polar surface area (TPSA) is 86.8 Å². The Bertz CT molecular complexity index is 1050. The molecule has 8 heteroatoms. The molecule has 0 atom stereocenters. The molecule has 4 rings (SSSR count). The summed E-state index contributed by atoms with van der Waals surface area (Å²) < 4.78 is 27.7. The number of anilines is 1. The zero-order valence-electron chi connectivity index (χ0n) is 16.0. The molecule has 2 aromatic carbocycles. The molecule has 2 amide bonds. The van der Waals surface area contributed by atoms with Gasteiger partial charge in [-0.15, -0.1) is 0 Å². The monoisotopic (exact) mass is 413 g/mol. The van der Waals surface area contributed by atoms with Gasteiger partial charge in [0.1, 0.15) is 0 Å². The number of sulfonamides is 1. The van der Waals surface area contributed by atoms with Crippen LogP contribution in [0.25, 0.3) is 0 Å². The predicted octanol–water partition coefficient (Wildman–Crippen LogP) is 1.79. The van der Waals surface area contributed by atoms with Crippen LogP contribution in [-0.4, -0.2) is 51.3 Å². The van der Waals surface area contributed by atoms with Gasteiger partial charge < -0.3 is 10.2 Å². The lowest BCUT2D eigenvalue weighted by molar-refractivity contribution is -0.129. The van der Waals surface area contributed by atoms with Gasteiger partial charge in [0.25, 0.3) is 15.9 Å². The second kappa shape index (κ2) is 7.87. The van der Waals surface area contributed by atoms with Crippen molar-refractivity contribution in [1.82, 2.24) is 10.2 Å². The van der Waals surface area contributed by atoms with Crippen LogP contribution in [0, 0.1) is 0 Å². The summed E-state index contributed by atoms with van der Waals surface area (Å²) in [7, 11) is -3.77. The smallest absolute Gasteiger partial charge is 0.264 e. The van der Waals surface area contributed by atoms with Gasteiger partial charge in [-0.2, -0.15) is 0 Å². The van der Waals surface area contributed by atoms with Crippen molar-refractivity contribution in [2.75, 3.05) is 30.5 Å². The Morgan fingerprint density at radius 2 is 1.72 bits per heavy atom. The summed E-state index contributed by atoms with van der Waals surface area (Å²) in [6, 6.07) is 13.4. The molecule has 0 aliphatic carbocycles. The normalized spacial score (nSPS) is 16.0. The summed E-state index contributed by atoms with van der Waals surface area (Å²) >= 11 is 0. The van der Waals surface area contributed by atoms with Crippen LogP contribution in [0.4, 0.5) is 5.69 Å². The van der Waals surface area contributed by atoms with E-state index >= 15 is 0 Å². The molecule has 2 heterocycles. The Morgan fingerprint density at radius 1 is 0.966 bits per heavy atom. The SMILES string of the molecule is O=C(NCC(=O)N1CCCC1)c1cccc(S(=O)(=O)N2CCc3ccccc32)c1. The second-order valence-corrected chi connectivity index (χ2v) is 9.12. The van der Waals surface area contributed by atoms with Crippen LogP contribution in [0.3, 0.4) is 0 Å². The molecule has 0 radical (unpaired) electrons. The van der Waals surface area contributed by atoms with E-state index < -0.39 is 15.9 Å². The van der Waals surface area contributed by atoms with Crippen LogP contribution in [-0.2, 0) is 21.2 Å². The van der Waals surface area contributed by atoms with E-state index in [1.165, 1.54) is 16.4 Å². The van der Waals surface area contributed by atoms with E-state index in [4.69, 9.17) is 0 Å². The van der Waals surface area contributed by atoms with Gasteiger partial charge in [0.05, 0.1) is 17.1 Å². The Labute approximate surface area is 170 Å². The first kappa shape index (κ1) is 19.4. The van der Waals surface area contributed by atoms with Gasteiger partial charge in [-0.25, -0.2) is 8.42 Å². The third-order valence-electron chi connectivity index (χ3n) is 5.39. The summed E-state index contributed by atoms with van der Waals surface area (Å²) in [5, 5.41) is 2.60. The number of benzene rings is 2. The standard InChI is InChI=1S/C21H23N3O4S/c25-20(23-11-3-4-12-23)15-22-21(26)17-7-5-8-18(14-17)29(27,28)24-13-10-16-6-1-2-9-19(16)24/h1-2,5-9,14H,3-4,10-13,15H2,(H,22,26). The minimum atomic E-state index is -3.77. The fourth-order valence-electron chi connectivity index (χ4n) is 3.82. The minimum Gasteiger partial charge on any atom is -0.343 e. The molecule has 0 aromatic heterocycles. The fraction of sp³-hybridized carbons (Fsp3) is 0.333. The summed E-state index contributed by atoms with van der Waals surface area (Å²) in [5.41, 5.74) is 1.89. The van der Waals surface area contributed by atoms with E-state index in [0.717, 1.165) is 31.5 Å². The van der Waals surface area contributed by atoms with Crippen molar-refractivity contribution in [1.29, 1.82) is 0 Å². The van der Waals surface area contributed by atoms with Crippen molar-refractivity contribution >= 4 is 27.5 Å². The number of hydrogen-bond donors (Lipinski definition) is 1. The molecule has 0 spiro atoms. The average Bonchev–Trinajstić information content (AvgIpc) is 3.42. The quantitative estimate of drug-likeness (QED) is 0.810. The lowest BCUT2D eigenvalue weighted by atomic mass is 10.2. The number of amides is 2. The van der Waals surface area contributed by atoms with Crippen molar-refractivity contribution < 1.29 is 18.0 Å². The first-order chi connectivity index (χ1) is 14.0. The van der Waals surface area contributed by atoms with E-state index in [0.29, 0.717) is 18.7 Å². The number of carbonyl (C=O) groups excluding carboxylic acids is 2. The molecule has 0 bridgehead atoms. The van der Waals surface area contributed by atoms with Crippen LogP contribution in [0.1, 0.15) is 28.8 Å². The van der Waals surface area contributed by atoms with Crippen molar-refractivity contribution in [3.05, 3.63) is 59.7 Å². The van der Waals surface area contributed by atoms with Crippen LogP contribution >= 0.6 is 0 Å². The molecule has 2 aromatic rings. The Kier molecular flexibility index (Phi) is 5.27. The first-order valence-corrected chi connectivity index (χ1v) is 11.2. The maximum Gasteiger partial charge on any atom is 0.264 e. The number of rotatable bonds is 5. The molecule has 1 N–H and O–H groups in total. The average molecular weight is 413 g/mol. The van der Waals surface area contributed by atoms with E-state index in [2.05, 4.69) is 5.32 Å². The minimum absolute atomic E-state index is 0.0627. The van der Waals surface area contributed by atoms with E-state index in [1.807, 2.05) is 18.2 Å². The van der Waals surface area contributed by atoms with Crippen LogP contribution in [0.2, 0.25) is 0 Å². The van der Waals surface area contributed by atoms with Gasteiger partial charge in [0, 0.05) is 25.2 Å². The van der Waals surface area contributed by atoms with Gasteiger partial charge in [-0.3, -0.25) is 13.9 Å². The molecule has 2 aliphatic heterocycles. The van der Waals surface area contributed by atoms with Crippen molar-refractivity contribution in [2.45, 2.75) is 24.2 Å². The Balaban J connectivity index is 1.49. The summed E-state index contributed by atoms with van der Waals surface area (Å²) in [4.78, 5) is 26.4. The number of likely N-dealkylation sites (tertiary alicyclic amines) is 1. The predicted molar refractivity (Wildman–Crippen MR) is 109 cm³/mol. The third kappa shape index (κ3) is 3.85. The number of fused-ring (bicyclic) bond motifs is 1. The summed E-state index contributed by atoms with van der Waals surface area (Å²) in [6.07, 6.45) is 2.63. The molecule has 29 heavy (non-hydrogen) atoms. The number of para-hydroxylation sites is 1. The zero-order valence-corrected chi connectivity index (χ0v) is 16.8. The van der Waals surface area contributed by atoms with E-state index in [9.17, 15) is 18.0 Å². The highest BCUT2D eigenvalue weighted by molar-refractivity contribution is 7.92. The van der Waals surface area contributed by atoms with Crippen molar-refractivity contribution in [3.8, 4) is 0 Å². The number of nitrogens with one attached hydrogen (secondary N) is 1. The van der Waals surface area contributed by atoms with Crippen LogP contribution in [0.15, 0.2) is 53.4 Å². The van der Waals surface area contributed by atoms with Gasteiger partial charge in [-0.05, 0) is 49.1 Å². The summed E-state index contributed by atoms with van der Waals surface area (Å²) in [6.45, 7) is 1.73. The van der Waals surface area contributed by atoms with Gasteiger partial charge >= 0.3 is 0 Å². The Morgan fingerprint density at radius 3 is 2.52 bits per heavy atom. The largest absolute Gasteiger partial charge is 0.343 e. The maximum absolute atomic E-state index is 13.1. The lowest BCUT2D eigenvalue weighted by Gasteiger charge is -2.20. The Hall–Kier alpha value is -2.87. The second-order valence-electron chi connectivity index (χ2n) is 7.25. The van der Waals surface area contributed by atoms with Gasteiger partial charge in [-0.1, -0.05) is 24.3 Å². The van der Waals surface area contributed by atoms with Crippen LogP contribution in [0.5, 0.6) is 0 Å². The molecule has 7 nitrogen and oxygen atoms in total. The fourth-order valence-corrected chi connectivity index (χ4v) is 5.37. The number of carbonyl (C=O) groups is 2. The molecule has 0 saturated carbocycles. The maximum atomic E-state index is 13.1. The summed E-state index contributed by atoms with van der Waals surface area (Å²) in [5.74, 6) is -0.579. The molecular weight excluding hydrogens is 390 g/mol. The number of nitrogens with zero attached hydrogens (tertiary/aromatic N) is 2. The highest BCUT2D eigenvalue weighted by Crippen LogP contribution is 2.32. The molecular formula is C21H23N3O4S. The molecule has 152 valence electrons. The molecule has 1 fully saturated rings. The van der Waals surface area contributed by atoms with Crippen molar-refractivity contribution in [2.24, 2.45) is 0 Å². The lowest BCUT2D eigenvalue weighted by Crippen LogP contribution is -2.38. The molecule has 2 aliphatic rings. The van der Waals surface area contributed by atoms with Gasteiger partial charge in [0.15, 0.2) is 0 Å². The number of hydrogen-bond acceptors (Lipinski definition) is 4. The van der Waals surface area contributed by atoms with Crippen LogP contribution < -0.4 is 9.62 Å². The first-order valence-electron chi connectivity index (χ1n) is 9.73. The molecule has 0 unspecified atom stereocenters. The van der Waals surface area contributed by atoms with E-state index in [-0.39, 0.29) is 22.9 Å². The third-order valence-corrected chi connectivity index (χ3v) is 7.20. The highest BCUT2D eigenvalue weighted by Gasteiger charge is 2.31. The van der Waals surface area contributed by atoms with Gasteiger partial charge in [0.2, 0.25) is 5.91 Å². The van der Waals surface area contributed by atoms with E-state index in [1.54, 1.807) is 23.1 Å².